The molecule has 0 saturated heterocycles. The SMILES string of the molecule is CN(C)CCOc1cc2ncnc(Nc3ccc(Oc4ccn5ncnc5c4)c(Cl)c3)c2cc1N. The molecule has 3 aromatic heterocycles. The first kappa shape index (κ1) is 22.6. The second-order valence-electron chi connectivity index (χ2n) is 8.08. The van der Waals surface area contributed by atoms with Crippen LogP contribution in [-0.4, -0.2) is 56.7 Å². The first-order valence-corrected chi connectivity index (χ1v) is 11.2. The summed E-state index contributed by atoms with van der Waals surface area (Å²) in [4.78, 5) is 15.0. The molecular formula is C24H23ClN8O2. The molecule has 0 fully saturated rings. The predicted molar refractivity (Wildman–Crippen MR) is 136 cm³/mol. The minimum Gasteiger partial charge on any atom is -0.490 e. The number of fused-ring (bicyclic) bond motifs is 2. The van der Waals surface area contributed by atoms with Gasteiger partial charge in [0.1, 0.15) is 42.3 Å². The standard InChI is InChI=1S/C24H23ClN8O2/c1-32(2)7-8-34-22-12-20-17(11-19(22)26)24(29-13-27-20)31-15-3-4-21(18(25)9-15)35-16-5-6-33-23(10-16)28-14-30-33/h3-6,9-14H,7-8,26H2,1-2H3,(H,27,29,31). The quantitative estimate of drug-likeness (QED) is 0.305. The van der Waals surface area contributed by atoms with Crippen molar-refractivity contribution in [2.24, 2.45) is 0 Å². The summed E-state index contributed by atoms with van der Waals surface area (Å²) in [5, 5.41) is 8.57. The smallest absolute Gasteiger partial charge is 0.158 e. The molecule has 5 rings (SSSR count). The maximum atomic E-state index is 6.51. The lowest BCUT2D eigenvalue weighted by molar-refractivity contribution is 0.262. The predicted octanol–water partition coefficient (Wildman–Crippen LogP) is 4.38. The van der Waals surface area contributed by atoms with Crippen LogP contribution in [0.1, 0.15) is 0 Å². The minimum atomic E-state index is 0.436. The third kappa shape index (κ3) is 5.03. The lowest BCUT2D eigenvalue weighted by Crippen LogP contribution is -2.19. The average Bonchev–Trinajstić information content (AvgIpc) is 3.29. The Morgan fingerprint density at radius 3 is 2.74 bits per heavy atom. The number of nitrogen functional groups attached to an aromatic ring is 1. The summed E-state index contributed by atoms with van der Waals surface area (Å²) in [6.07, 6.45) is 4.74. The molecule has 178 valence electrons. The number of nitrogens with one attached hydrogen (secondary N) is 1. The molecule has 0 radical (unpaired) electrons. The van der Waals surface area contributed by atoms with E-state index in [1.165, 1.54) is 12.7 Å². The van der Waals surface area contributed by atoms with E-state index in [0.29, 0.717) is 51.5 Å². The number of likely N-dealkylation sites (N-methyl/N-ethyl adjacent to an activating group) is 1. The fraction of sp³-hybridized carbons (Fsp3) is 0.167. The lowest BCUT2D eigenvalue weighted by atomic mass is 10.2. The number of rotatable bonds is 8. The zero-order valence-electron chi connectivity index (χ0n) is 19.1. The molecule has 0 unspecified atom stereocenters. The van der Waals surface area contributed by atoms with E-state index in [-0.39, 0.29) is 0 Å². The van der Waals surface area contributed by atoms with Crippen LogP contribution < -0.4 is 20.5 Å². The highest BCUT2D eigenvalue weighted by atomic mass is 35.5. The van der Waals surface area contributed by atoms with E-state index in [0.717, 1.165) is 17.6 Å². The number of ether oxygens (including phenoxy) is 2. The molecule has 11 heteroatoms. The fourth-order valence-electron chi connectivity index (χ4n) is 3.45. The largest absolute Gasteiger partial charge is 0.490 e. The highest BCUT2D eigenvalue weighted by Crippen LogP contribution is 2.35. The maximum Gasteiger partial charge on any atom is 0.158 e. The van der Waals surface area contributed by atoms with Crippen molar-refractivity contribution >= 4 is 45.3 Å². The molecule has 0 aliphatic heterocycles. The summed E-state index contributed by atoms with van der Waals surface area (Å²) >= 11 is 6.51. The highest BCUT2D eigenvalue weighted by Gasteiger charge is 2.12. The number of nitrogens with zero attached hydrogens (tertiary/aromatic N) is 6. The summed E-state index contributed by atoms with van der Waals surface area (Å²) < 4.78 is 13.4. The van der Waals surface area contributed by atoms with Crippen molar-refractivity contribution in [1.82, 2.24) is 29.5 Å². The van der Waals surface area contributed by atoms with E-state index < -0.39 is 0 Å². The summed E-state index contributed by atoms with van der Waals surface area (Å²) in [5.41, 5.74) is 8.89. The Kier molecular flexibility index (Phi) is 6.21. The van der Waals surface area contributed by atoms with Gasteiger partial charge in [-0.05, 0) is 44.4 Å². The number of aromatic nitrogens is 5. The Hall–Kier alpha value is -4.15. The van der Waals surface area contributed by atoms with Gasteiger partial charge in [-0.1, -0.05) is 11.6 Å². The normalized spacial score (nSPS) is 11.3. The Morgan fingerprint density at radius 1 is 1.03 bits per heavy atom. The molecule has 0 saturated carbocycles. The Labute approximate surface area is 206 Å². The second-order valence-corrected chi connectivity index (χ2v) is 8.49. The first-order chi connectivity index (χ1) is 17.0. The van der Waals surface area contributed by atoms with Crippen LogP contribution in [0.2, 0.25) is 5.02 Å². The minimum absolute atomic E-state index is 0.436. The third-order valence-corrected chi connectivity index (χ3v) is 5.53. The van der Waals surface area contributed by atoms with Crippen LogP contribution in [0.5, 0.6) is 17.2 Å². The number of pyridine rings is 1. The molecule has 35 heavy (non-hydrogen) atoms. The number of anilines is 3. The van der Waals surface area contributed by atoms with E-state index >= 15 is 0 Å². The molecule has 10 nitrogen and oxygen atoms in total. The topological polar surface area (TPSA) is 116 Å². The number of hydrogen-bond acceptors (Lipinski definition) is 9. The molecule has 0 bridgehead atoms. The summed E-state index contributed by atoms with van der Waals surface area (Å²) in [7, 11) is 3.97. The summed E-state index contributed by atoms with van der Waals surface area (Å²) in [6, 6.07) is 12.6. The number of hydrogen-bond donors (Lipinski definition) is 2. The maximum absolute atomic E-state index is 6.51. The molecule has 0 amide bonds. The van der Waals surface area contributed by atoms with Crippen molar-refractivity contribution in [2.75, 3.05) is 38.3 Å². The average molecular weight is 491 g/mol. The van der Waals surface area contributed by atoms with E-state index in [1.807, 2.05) is 37.2 Å². The lowest BCUT2D eigenvalue weighted by Gasteiger charge is -2.14. The van der Waals surface area contributed by atoms with Crippen LogP contribution in [0, 0.1) is 0 Å². The van der Waals surface area contributed by atoms with Gasteiger partial charge in [0.25, 0.3) is 0 Å². The first-order valence-electron chi connectivity index (χ1n) is 10.8. The van der Waals surface area contributed by atoms with Crippen molar-refractivity contribution in [3.63, 3.8) is 0 Å². The number of benzene rings is 2. The van der Waals surface area contributed by atoms with Crippen molar-refractivity contribution in [3.05, 3.63) is 66.3 Å². The van der Waals surface area contributed by atoms with E-state index in [1.54, 1.807) is 35.0 Å². The van der Waals surface area contributed by atoms with Gasteiger partial charge in [0.2, 0.25) is 0 Å². The molecule has 5 aromatic rings. The molecule has 0 aliphatic rings. The van der Waals surface area contributed by atoms with Crippen LogP contribution in [0.15, 0.2) is 61.3 Å². The van der Waals surface area contributed by atoms with Crippen LogP contribution in [0.25, 0.3) is 16.6 Å². The molecule has 3 heterocycles. The Morgan fingerprint density at radius 2 is 1.91 bits per heavy atom. The second kappa shape index (κ2) is 9.61. The number of nitrogens with two attached hydrogens (primary N) is 1. The van der Waals surface area contributed by atoms with Crippen LogP contribution in [0.3, 0.4) is 0 Å². The number of halogens is 1. The molecule has 0 atom stereocenters. The fourth-order valence-corrected chi connectivity index (χ4v) is 3.67. The molecular weight excluding hydrogens is 468 g/mol. The van der Waals surface area contributed by atoms with Gasteiger partial charge in [-0.2, -0.15) is 5.10 Å². The van der Waals surface area contributed by atoms with E-state index in [4.69, 9.17) is 26.8 Å². The van der Waals surface area contributed by atoms with E-state index in [9.17, 15) is 0 Å². The highest BCUT2D eigenvalue weighted by molar-refractivity contribution is 6.32. The molecule has 3 N–H and O–H groups in total. The zero-order chi connectivity index (χ0) is 24.4. The van der Waals surface area contributed by atoms with Crippen LogP contribution in [-0.2, 0) is 0 Å². The summed E-state index contributed by atoms with van der Waals surface area (Å²) in [5.74, 6) is 2.31. The Bertz CT molecular complexity index is 1500. The van der Waals surface area contributed by atoms with Crippen molar-refractivity contribution in [3.8, 4) is 17.2 Å². The summed E-state index contributed by atoms with van der Waals surface area (Å²) in [6.45, 7) is 1.31. The monoisotopic (exact) mass is 490 g/mol. The van der Waals surface area contributed by atoms with Crippen LogP contribution >= 0.6 is 11.6 Å². The molecule has 0 spiro atoms. The van der Waals surface area contributed by atoms with Gasteiger partial charge in [0, 0.05) is 35.9 Å². The van der Waals surface area contributed by atoms with Gasteiger partial charge in [-0.25, -0.2) is 19.5 Å². The third-order valence-electron chi connectivity index (χ3n) is 5.24. The van der Waals surface area contributed by atoms with Gasteiger partial charge in [0.15, 0.2) is 5.65 Å². The molecule has 2 aromatic carbocycles. The van der Waals surface area contributed by atoms with Crippen molar-refractivity contribution < 1.29 is 9.47 Å². The van der Waals surface area contributed by atoms with Gasteiger partial charge in [0.05, 0.1) is 16.2 Å². The van der Waals surface area contributed by atoms with Crippen molar-refractivity contribution in [2.45, 2.75) is 0 Å². The van der Waals surface area contributed by atoms with Gasteiger partial charge < -0.3 is 25.4 Å². The van der Waals surface area contributed by atoms with Gasteiger partial charge in [-0.15, -0.1) is 0 Å². The molecule has 0 aliphatic carbocycles. The van der Waals surface area contributed by atoms with Crippen LogP contribution in [0.4, 0.5) is 17.2 Å². The van der Waals surface area contributed by atoms with Gasteiger partial charge in [-0.3, -0.25) is 0 Å². The van der Waals surface area contributed by atoms with Crippen molar-refractivity contribution in [1.29, 1.82) is 0 Å². The van der Waals surface area contributed by atoms with Gasteiger partial charge >= 0.3 is 0 Å². The Balaban J connectivity index is 1.35. The zero-order valence-corrected chi connectivity index (χ0v) is 19.9. The van der Waals surface area contributed by atoms with E-state index in [2.05, 4.69) is 25.4 Å².